The molecule has 1 aliphatic rings. The van der Waals surface area contributed by atoms with Gasteiger partial charge in [-0.3, -0.25) is 9.48 Å². The predicted molar refractivity (Wildman–Crippen MR) is 100 cm³/mol. The molecule has 1 fully saturated rings. The van der Waals surface area contributed by atoms with Crippen LogP contribution in [0.4, 0.5) is 0 Å². The second kappa shape index (κ2) is 9.36. The fourth-order valence-corrected chi connectivity index (χ4v) is 3.55. The standard InChI is InChI=1S/C15H21N5OS.2ClH/c1-10-19-12(9-22-10)3-4-17-15(21)14-7-16-6-13(14)11-5-18-20(2)8-11;;/h5,8-9,13-14,16H,3-4,6-7H2,1-2H3,(H,17,21);2*1H/t13-,14+;;/m1../s1. The first kappa shape index (κ1) is 20.9. The van der Waals surface area contributed by atoms with Crippen LogP contribution in [-0.4, -0.2) is 40.3 Å². The molecule has 0 radical (unpaired) electrons. The first-order chi connectivity index (χ1) is 10.6. The van der Waals surface area contributed by atoms with E-state index in [0.717, 1.165) is 35.8 Å². The van der Waals surface area contributed by atoms with Crippen LogP contribution in [0, 0.1) is 12.8 Å². The van der Waals surface area contributed by atoms with E-state index >= 15 is 0 Å². The Morgan fingerprint density at radius 2 is 2.25 bits per heavy atom. The molecular formula is C15H23Cl2N5OS. The zero-order valence-electron chi connectivity index (χ0n) is 13.7. The third kappa shape index (κ3) is 4.92. The molecule has 2 atom stereocenters. The number of hydrogen-bond donors (Lipinski definition) is 2. The molecule has 6 nitrogen and oxygen atoms in total. The lowest BCUT2D eigenvalue weighted by Gasteiger charge is -2.16. The van der Waals surface area contributed by atoms with Crippen LogP contribution in [0.5, 0.6) is 0 Å². The van der Waals surface area contributed by atoms with E-state index in [0.29, 0.717) is 6.54 Å². The van der Waals surface area contributed by atoms with Gasteiger partial charge in [0.1, 0.15) is 0 Å². The second-order valence-corrected chi connectivity index (χ2v) is 6.78. The first-order valence-electron chi connectivity index (χ1n) is 7.51. The lowest BCUT2D eigenvalue weighted by Crippen LogP contribution is -2.35. The van der Waals surface area contributed by atoms with Gasteiger partial charge in [0.15, 0.2) is 0 Å². The number of amides is 1. The fraction of sp³-hybridized carbons (Fsp3) is 0.533. The van der Waals surface area contributed by atoms with Gasteiger partial charge >= 0.3 is 0 Å². The van der Waals surface area contributed by atoms with Crippen molar-refractivity contribution in [3.05, 3.63) is 34.0 Å². The molecule has 3 rings (SSSR count). The van der Waals surface area contributed by atoms with Crippen molar-refractivity contribution in [1.29, 1.82) is 0 Å². The summed E-state index contributed by atoms with van der Waals surface area (Å²) in [4.78, 5) is 16.8. The predicted octanol–water partition coefficient (Wildman–Crippen LogP) is 1.69. The van der Waals surface area contributed by atoms with Gasteiger partial charge in [-0.05, 0) is 12.5 Å². The highest BCUT2D eigenvalue weighted by atomic mass is 35.5. The van der Waals surface area contributed by atoms with Crippen LogP contribution in [0.1, 0.15) is 22.2 Å². The van der Waals surface area contributed by atoms with Crippen molar-refractivity contribution in [3.63, 3.8) is 0 Å². The number of nitrogens with zero attached hydrogens (tertiary/aromatic N) is 3. The topological polar surface area (TPSA) is 71.8 Å². The zero-order valence-corrected chi connectivity index (χ0v) is 16.1. The molecule has 134 valence electrons. The highest BCUT2D eigenvalue weighted by Crippen LogP contribution is 2.27. The minimum atomic E-state index is -0.0265. The summed E-state index contributed by atoms with van der Waals surface area (Å²) in [7, 11) is 1.90. The summed E-state index contributed by atoms with van der Waals surface area (Å²) in [6.07, 6.45) is 4.64. The molecule has 3 heterocycles. The molecule has 1 saturated heterocycles. The summed E-state index contributed by atoms with van der Waals surface area (Å²) < 4.78 is 1.78. The van der Waals surface area contributed by atoms with Crippen LogP contribution in [0.2, 0.25) is 0 Å². The Balaban J connectivity index is 0.00000144. The van der Waals surface area contributed by atoms with Crippen LogP contribution < -0.4 is 10.6 Å². The van der Waals surface area contributed by atoms with Crippen LogP contribution in [0.15, 0.2) is 17.8 Å². The van der Waals surface area contributed by atoms with E-state index in [1.807, 2.05) is 26.4 Å². The molecule has 2 aromatic rings. The molecule has 0 aromatic carbocycles. The van der Waals surface area contributed by atoms with E-state index in [2.05, 4.69) is 26.1 Å². The van der Waals surface area contributed by atoms with Gasteiger partial charge in [-0.25, -0.2) is 4.98 Å². The van der Waals surface area contributed by atoms with Gasteiger partial charge in [0.05, 0.1) is 22.8 Å². The van der Waals surface area contributed by atoms with Crippen LogP contribution in [0.25, 0.3) is 0 Å². The number of halogens is 2. The van der Waals surface area contributed by atoms with E-state index in [1.165, 1.54) is 0 Å². The van der Waals surface area contributed by atoms with E-state index < -0.39 is 0 Å². The average molecular weight is 392 g/mol. The zero-order chi connectivity index (χ0) is 15.5. The largest absolute Gasteiger partial charge is 0.355 e. The number of thiazole rings is 1. The van der Waals surface area contributed by atoms with E-state index in [4.69, 9.17) is 0 Å². The summed E-state index contributed by atoms with van der Waals surface area (Å²) in [5, 5.41) is 13.7. The quantitative estimate of drug-likeness (QED) is 0.813. The van der Waals surface area contributed by atoms with Crippen molar-refractivity contribution in [1.82, 2.24) is 25.4 Å². The number of aromatic nitrogens is 3. The minimum absolute atomic E-state index is 0. The number of aryl methyl sites for hydroxylation is 2. The molecule has 0 saturated carbocycles. The Morgan fingerprint density at radius 3 is 2.88 bits per heavy atom. The Morgan fingerprint density at radius 1 is 1.46 bits per heavy atom. The highest BCUT2D eigenvalue weighted by Gasteiger charge is 2.34. The van der Waals surface area contributed by atoms with Crippen LogP contribution in [0.3, 0.4) is 0 Å². The summed E-state index contributed by atoms with van der Waals surface area (Å²) in [5.74, 6) is 0.294. The number of hydrogen-bond acceptors (Lipinski definition) is 5. The number of rotatable bonds is 5. The molecule has 1 aliphatic heterocycles. The normalized spacial score (nSPS) is 19.4. The summed E-state index contributed by atoms with van der Waals surface area (Å²) in [6.45, 7) is 4.18. The maximum Gasteiger partial charge on any atom is 0.225 e. The molecule has 0 aliphatic carbocycles. The van der Waals surface area contributed by atoms with Gasteiger partial charge in [0.2, 0.25) is 5.91 Å². The van der Waals surface area contributed by atoms with Crippen molar-refractivity contribution >= 4 is 42.1 Å². The molecule has 9 heteroatoms. The molecule has 0 bridgehead atoms. The van der Waals surface area contributed by atoms with Crippen LogP contribution in [-0.2, 0) is 18.3 Å². The van der Waals surface area contributed by atoms with E-state index in [9.17, 15) is 4.79 Å². The molecule has 2 N–H and O–H groups in total. The van der Waals surface area contributed by atoms with Crippen molar-refractivity contribution in [2.24, 2.45) is 13.0 Å². The molecular weight excluding hydrogens is 369 g/mol. The average Bonchev–Trinajstić information content (AvgIpc) is 3.19. The molecule has 0 unspecified atom stereocenters. The summed E-state index contributed by atoms with van der Waals surface area (Å²) in [6, 6.07) is 0. The number of carbonyl (C=O) groups is 1. The Hall–Kier alpha value is -1.15. The first-order valence-corrected chi connectivity index (χ1v) is 8.39. The van der Waals surface area contributed by atoms with Gasteiger partial charge in [0, 0.05) is 50.6 Å². The van der Waals surface area contributed by atoms with Gasteiger partial charge < -0.3 is 10.6 Å². The highest BCUT2D eigenvalue weighted by molar-refractivity contribution is 7.09. The maximum absolute atomic E-state index is 12.4. The van der Waals surface area contributed by atoms with Crippen LogP contribution >= 0.6 is 36.2 Å². The van der Waals surface area contributed by atoms with Crippen molar-refractivity contribution < 1.29 is 4.79 Å². The summed E-state index contributed by atoms with van der Waals surface area (Å²) in [5.41, 5.74) is 2.18. The molecule has 1 amide bonds. The minimum Gasteiger partial charge on any atom is -0.355 e. The summed E-state index contributed by atoms with van der Waals surface area (Å²) >= 11 is 1.65. The Kier molecular flexibility index (Phi) is 8.15. The molecule has 0 spiro atoms. The van der Waals surface area contributed by atoms with E-state index in [1.54, 1.807) is 16.0 Å². The molecule has 2 aromatic heterocycles. The second-order valence-electron chi connectivity index (χ2n) is 5.72. The van der Waals surface area contributed by atoms with Gasteiger partial charge in [-0.1, -0.05) is 0 Å². The maximum atomic E-state index is 12.4. The molecule has 24 heavy (non-hydrogen) atoms. The van der Waals surface area contributed by atoms with Crippen molar-refractivity contribution in [2.75, 3.05) is 19.6 Å². The number of carbonyl (C=O) groups excluding carboxylic acids is 1. The third-order valence-corrected chi connectivity index (χ3v) is 4.87. The SMILES string of the molecule is Cc1nc(CCNC(=O)[C@H]2CNC[C@@H]2c2cnn(C)c2)cs1.Cl.Cl. The smallest absolute Gasteiger partial charge is 0.225 e. The van der Waals surface area contributed by atoms with Crippen molar-refractivity contribution in [2.45, 2.75) is 19.3 Å². The van der Waals surface area contributed by atoms with Gasteiger partial charge in [-0.2, -0.15) is 5.10 Å². The van der Waals surface area contributed by atoms with Crippen molar-refractivity contribution in [3.8, 4) is 0 Å². The van der Waals surface area contributed by atoms with E-state index in [-0.39, 0.29) is 42.6 Å². The fourth-order valence-electron chi connectivity index (χ4n) is 2.90. The number of nitrogens with one attached hydrogen (secondary N) is 2. The lowest BCUT2D eigenvalue weighted by atomic mass is 9.90. The Bertz CT molecular complexity index is 660. The monoisotopic (exact) mass is 391 g/mol. The Labute approximate surface area is 158 Å². The third-order valence-electron chi connectivity index (χ3n) is 4.05. The lowest BCUT2D eigenvalue weighted by molar-refractivity contribution is -0.124. The van der Waals surface area contributed by atoms with Gasteiger partial charge in [-0.15, -0.1) is 36.2 Å². The van der Waals surface area contributed by atoms with Gasteiger partial charge in [0.25, 0.3) is 0 Å².